The summed E-state index contributed by atoms with van der Waals surface area (Å²) in [6.07, 6.45) is -0.270. The fraction of sp³-hybridized carbons (Fsp3) is 0.500. The summed E-state index contributed by atoms with van der Waals surface area (Å²) in [4.78, 5) is 32.0. The van der Waals surface area contributed by atoms with E-state index in [2.05, 4.69) is 10.3 Å². The molecular formula is C6H13N2O6P. The first kappa shape index (κ1) is 14.1. The molecular weight excluding hydrogens is 227 g/mol. The molecule has 1 atom stereocenters. The Morgan fingerprint density at radius 1 is 1.67 bits per heavy atom. The maximum absolute atomic E-state index is 10.6. The molecule has 15 heavy (non-hydrogen) atoms. The van der Waals surface area contributed by atoms with Gasteiger partial charge in [-0.15, -0.1) is 0 Å². The molecule has 0 saturated carbocycles. The Bertz CT molecular complexity index is 298. The lowest BCUT2D eigenvalue weighted by Gasteiger charge is -2.11. The highest BCUT2D eigenvalue weighted by molar-refractivity contribution is 7.55. The minimum atomic E-state index is -4.39. The first-order valence-electron chi connectivity index (χ1n) is 3.80. The van der Waals surface area contributed by atoms with Gasteiger partial charge in [-0.1, -0.05) is 0 Å². The van der Waals surface area contributed by atoms with Crippen LogP contribution in [-0.2, 0) is 14.2 Å². The lowest BCUT2D eigenvalue weighted by atomic mass is 10.2. The van der Waals surface area contributed by atoms with Gasteiger partial charge < -0.3 is 20.6 Å². The highest BCUT2D eigenvalue weighted by Crippen LogP contribution is 2.37. The van der Waals surface area contributed by atoms with Crippen LogP contribution in [0.5, 0.6) is 0 Å². The van der Waals surface area contributed by atoms with Crippen LogP contribution < -0.4 is 11.2 Å². The molecule has 0 rings (SSSR count). The normalized spacial score (nSPS) is 14.8. The number of carbonyl (C=O) groups is 1. The third-order valence-electron chi connectivity index (χ3n) is 1.31. The van der Waals surface area contributed by atoms with Crippen molar-refractivity contribution < 1.29 is 29.1 Å². The summed E-state index contributed by atoms with van der Waals surface area (Å²) in [6.45, 7) is 0. The van der Waals surface area contributed by atoms with Crippen LogP contribution in [0.2, 0.25) is 0 Å². The second-order valence-corrected chi connectivity index (χ2v) is 4.13. The SMILES string of the molecule is CONC(=CP(=O)(O)O)C[C@H](N)C(=O)O. The molecule has 8 nitrogen and oxygen atoms in total. The zero-order valence-corrected chi connectivity index (χ0v) is 8.85. The van der Waals surface area contributed by atoms with Crippen LogP contribution in [0.15, 0.2) is 11.5 Å². The molecule has 0 aliphatic carbocycles. The van der Waals surface area contributed by atoms with Crippen molar-refractivity contribution in [2.24, 2.45) is 5.73 Å². The van der Waals surface area contributed by atoms with Crippen LogP contribution in [0.1, 0.15) is 6.42 Å². The van der Waals surface area contributed by atoms with Crippen molar-refractivity contribution >= 4 is 13.6 Å². The van der Waals surface area contributed by atoms with E-state index in [0.29, 0.717) is 5.82 Å². The van der Waals surface area contributed by atoms with E-state index < -0.39 is 19.6 Å². The Hall–Kier alpha value is -0.920. The maximum atomic E-state index is 10.6. The van der Waals surface area contributed by atoms with E-state index in [1.807, 2.05) is 0 Å². The third kappa shape index (κ3) is 7.06. The summed E-state index contributed by atoms with van der Waals surface area (Å²) in [5, 5.41) is 8.48. The number of carboxylic acid groups (broad SMARTS) is 1. The first-order valence-corrected chi connectivity index (χ1v) is 5.48. The minimum absolute atomic E-state index is 0.0827. The van der Waals surface area contributed by atoms with Gasteiger partial charge in [0.05, 0.1) is 7.11 Å². The van der Waals surface area contributed by atoms with Gasteiger partial charge in [-0.05, 0) is 0 Å². The Morgan fingerprint density at radius 2 is 2.20 bits per heavy atom. The van der Waals surface area contributed by atoms with Crippen molar-refractivity contribution in [2.45, 2.75) is 12.5 Å². The summed E-state index contributed by atoms with van der Waals surface area (Å²) < 4.78 is 10.6. The van der Waals surface area contributed by atoms with Crippen molar-refractivity contribution in [2.75, 3.05) is 7.11 Å². The monoisotopic (exact) mass is 240 g/mol. The number of aliphatic carboxylic acids is 1. The zero-order chi connectivity index (χ0) is 12.1. The van der Waals surface area contributed by atoms with E-state index in [0.717, 1.165) is 0 Å². The molecule has 0 heterocycles. The number of carboxylic acids is 1. The van der Waals surface area contributed by atoms with Gasteiger partial charge in [0.1, 0.15) is 6.04 Å². The van der Waals surface area contributed by atoms with E-state index in [4.69, 9.17) is 20.6 Å². The van der Waals surface area contributed by atoms with Gasteiger partial charge in [0.15, 0.2) is 0 Å². The number of nitrogens with one attached hydrogen (secondary N) is 1. The van der Waals surface area contributed by atoms with Gasteiger partial charge in [0.2, 0.25) is 0 Å². The van der Waals surface area contributed by atoms with Crippen molar-refractivity contribution in [3.63, 3.8) is 0 Å². The van der Waals surface area contributed by atoms with Gasteiger partial charge in [-0.25, -0.2) is 0 Å². The summed E-state index contributed by atoms with van der Waals surface area (Å²) in [5.41, 5.74) is 7.25. The number of nitrogens with two attached hydrogens (primary N) is 1. The predicted octanol–water partition coefficient (Wildman–Crippen LogP) is -1.04. The van der Waals surface area contributed by atoms with Gasteiger partial charge >= 0.3 is 13.6 Å². The van der Waals surface area contributed by atoms with Crippen molar-refractivity contribution in [3.05, 3.63) is 11.5 Å². The number of rotatable bonds is 6. The van der Waals surface area contributed by atoms with Gasteiger partial charge in [-0.2, -0.15) is 0 Å². The molecule has 0 spiro atoms. The highest BCUT2D eigenvalue weighted by atomic mass is 31.2. The Morgan fingerprint density at radius 3 is 2.53 bits per heavy atom. The molecule has 88 valence electrons. The quantitative estimate of drug-likeness (QED) is 0.292. The lowest BCUT2D eigenvalue weighted by Crippen LogP contribution is -2.32. The molecule has 6 N–H and O–H groups in total. The Balaban J connectivity index is 4.62. The minimum Gasteiger partial charge on any atom is -0.480 e. The van der Waals surface area contributed by atoms with Crippen LogP contribution in [0.4, 0.5) is 0 Å². The molecule has 9 heteroatoms. The van der Waals surface area contributed by atoms with Crippen LogP contribution in [0.3, 0.4) is 0 Å². The smallest absolute Gasteiger partial charge is 0.350 e. The average molecular weight is 240 g/mol. The molecule has 0 aromatic rings. The molecule has 0 aromatic heterocycles. The summed E-state index contributed by atoms with van der Waals surface area (Å²) in [6, 6.07) is -1.26. The topological polar surface area (TPSA) is 142 Å². The van der Waals surface area contributed by atoms with Crippen LogP contribution >= 0.6 is 7.60 Å². The summed E-state index contributed by atoms with van der Waals surface area (Å²) in [7, 11) is -3.17. The molecule has 0 unspecified atom stereocenters. The van der Waals surface area contributed by atoms with E-state index >= 15 is 0 Å². The molecule has 0 aromatic carbocycles. The molecule has 0 aliphatic heterocycles. The highest BCUT2D eigenvalue weighted by Gasteiger charge is 2.17. The lowest BCUT2D eigenvalue weighted by molar-refractivity contribution is -0.138. The maximum Gasteiger partial charge on any atom is 0.350 e. The van der Waals surface area contributed by atoms with E-state index in [1.165, 1.54) is 7.11 Å². The van der Waals surface area contributed by atoms with E-state index in [9.17, 15) is 9.36 Å². The van der Waals surface area contributed by atoms with Crippen LogP contribution in [-0.4, -0.2) is 34.0 Å². The van der Waals surface area contributed by atoms with Crippen molar-refractivity contribution in [1.29, 1.82) is 0 Å². The number of hydrogen-bond donors (Lipinski definition) is 5. The first-order chi connectivity index (χ1) is 6.76. The van der Waals surface area contributed by atoms with Gasteiger partial charge in [0.25, 0.3) is 0 Å². The third-order valence-corrected chi connectivity index (χ3v) is 1.96. The second kappa shape index (κ2) is 5.84. The number of hydroxylamine groups is 1. The molecule has 0 bridgehead atoms. The van der Waals surface area contributed by atoms with E-state index in [-0.39, 0.29) is 12.1 Å². The predicted molar refractivity (Wildman–Crippen MR) is 50.5 cm³/mol. The average Bonchev–Trinajstić information content (AvgIpc) is 2.00. The fourth-order valence-corrected chi connectivity index (χ4v) is 1.34. The second-order valence-electron chi connectivity index (χ2n) is 2.70. The van der Waals surface area contributed by atoms with Crippen LogP contribution in [0.25, 0.3) is 0 Å². The standard InChI is InChI=1S/C6H13N2O6P/c1-14-8-4(3-15(11,12)13)2-5(7)6(9)10/h3,5,8H,2,7H2,1H3,(H,9,10)(H2,11,12,13)/t5-/m0/s1. The van der Waals surface area contributed by atoms with Crippen molar-refractivity contribution in [1.82, 2.24) is 5.48 Å². The Kier molecular flexibility index (Phi) is 5.48. The van der Waals surface area contributed by atoms with Gasteiger partial charge in [0, 0.05) is 17.9 Å². The fourth-order valence-electron chi connectivity index (χ4n) is 0.779. The van der Waals surface area contributed by atoms with Crippen molar-refractivity contribution in [3.8, 4) is 0 Å². The van der Waals surface area contributed by atoms with Crippen LogP contribution in [0, 0.1) is 0 Å². The summed E-state index contributed by atoms with van der Waals surface area (Å²) in [5.74, 6) is -0.705. The molecule has 0 radical (unpaired) electrons. The molecule has 0 fully saturated rings. The van der Waals surface area contributed by atoms with Gasteiger partial charge in [-0.3, -0.25) is 19.7 Å². The molecule has 0 amide bonds. The largest absolute Gasteiger partial charge is 0.480 e. The molecule has 0 saturated heterocycles. The Labute approximate surface area is 85.8 Å². The summed E-state index contributed by atoms with van der Waals surface area (Å²) >= 11 is 0. The zero-order valence-electron chi connectivity index (χ0n) is 7.95. The molecule has 0 aliphatic rings. The van der Waals surface area contributed by atoms with E-state index in [1.54, 1.807) is 0 Å². The number of hydrogen-bond acceptors (Lipinski definition) is 5.